The molecule has 1 aromatic carbocycles. The molecule has 3 nitrogen and oxygen atoms in total. The Morgan fingerprint density at radius 1 is 1.43 bits per heavy atom. The second kappa shape index (κ2) is 4.00. The number of hydrogen-bond donors (Lipinski definition) is 1. The van der Waals surface area contributed by atoms with Crippen LogP contribution in [0.25, 0.3) is 0 Å². The molecule has 1 amide bonds. The number of halogens is 1. The van der Waals surface area contributed by atoms with Crippen LogP contribution in [0.15, 0.2) is 10.5 Å². The van der Waals surface area contributed by atoms with E-state index < -0.39 is 5.91 Å². The molecule has 14 heavy (non-hydrogen) atoms. The Balaban J connectivity index is 3.51. The maximum atomic E-state index is 11.1. The number of benzene rings is 1. The predicted molar refractivity (Wildman–Crippen MR) is 58.7 cm³/mol. The molecule has 76 valence electrons. The highest BCUT2D eigenvalue weighted by Gasteiger charge is 2.15. The van der Waals surface area contributed by atoms with Gasteiger partial charge in [-0.05, 0) is 31.0 Å². The van der Waals surface area contributed by atoms with Crippen LogP contribution in [-0.2, 0) is 0 Å². The summed E-state index contributed by atoms with van der Waals surface area (Å²) in [7, 11) is 1.53. The van der Waals surface area contributed by atoms with E-state index in [1.54, 1.807) is 6.07 Å². The topological polar surface area (TPSA) is 52.3 Å². The van der Waals surface area contributed by atoms with Gasteiger partial charge in [0.1, 0.15) is 5.75 Å². The van der Waals surface area contributed by atoms with E-state index in [0.717, 1.165) is 15.6 Å². The molecule has 0 saturated carbocycles. The Hall–Kier alpha value is -1.03. The normalized spacial score (nSPS) is 10.0. The first kappa shape index (κ1) is 11.0. The summed E-state index contributed by atoms with van der Waals surface area (Å²) >= 11 is 3.37. The van der Waals surface area contributed by atoms with E-state index in [1.807, 2.05) is 13.8 Å². The van der Waals surface area contributed by atoms with Gasteiger partial charge in [-0.3, -0.25) is 4.79 Å². The van der Waals surface area contributed by atoms with Crippen molar-refractivity contribution >= 4 is 21.8 Å². The van der Waals surface area contributed by atoms with Crippen molar-refractivity contribution in [1.82, 2.24) is 0 Å². The molecular formula is C10H12BrNO2. The molecule has 4 heteroatoms. The van der Waals surface area contributed by atoms with E-state index in [2.05, 4.69) is 15.9 Å². The molecule has 1 rings (SSSR count). The van der Waals surface area contributed by atoms with Gasteiger partial charge < -0.3 is 10.5 Å². The van der Waals surface area contributed by atoms with Crippen LogP contribution in [0.4, 0.5) is 0 Å². The lowest BCUT2D eigenvalue weighted by molar-refractivity contribution is 0.0997. The molecule has 0 spiro atoms. The second-order valence-corrected chi connectivity index (χ2v) is 3.91. The molecule has 0 aromatic heterocycles. The molecule has 0 unspecified atom stereocenters. The third kappa shape index (κ3) is 1.75. The fraction of sp³-hybridized carbons (Fsp3) is 0.300. The first-order chi connectivity index (χ1) is 6.49. The zero-order valence-electron chi connectivity index (χ0n) is 8.35. The van der Waals surface area contributed by atoms with Gasteiger partial charge in [0, 0.05) is 4.47 Å². The lowest BCUT2D eigenvalue weighted by Gasteiger charge is -2.12. The quantitative estimate of drug-likeness (QED) is 0.883. The number of ether oxygens (including phenoxy) is 1. The summed E-state index contributed by atoms with van der Waals surface area (Å²) in [5.74, 6) is 0.0730. The van der Waals surface area contributed by atoms with Crippen molar-refractivity contribution in [3.63, 3.8) is 0 Å². The Kier molecular flexibility index (Phi) is 3.16. The van der Waals surface area contributed by atoms with Gasteiger partial charge in [-0.15, -0.1) is 0 Å². The lowest BCUT2D eigenvalue weighted by atomic mass is 10.0. The maximum Gasteiger partial charge on any atom is 0.252 e. The van der Waals surface area contributed by atoms with Gasteiger partial charge in [-0.1, -0.05) is 15.9 Å². The van der Waals surface area contributed by atoms with Gasteiger partial charge in [0.25, 0.3) is 5.91 Å². The van der Waals surface area contributed by atoms with E-state index in [9.17, 15) is 4.79 Å². The van der Waals surface area contributed by atoms with Crippen LogP contribution in [0, 0.1) is 13.8 Å². The van der Waals surface area contributed by atoms with Gasteiger partial charge in [0.05, 0.1) is 12.7 Å². The van der Waals surface area contributed by atoms with Gasteiger partial charge in [0.2, 0.25) is 0 Å². The Morgan fingerprint density at radius 2 is 2.00 bits per heavy atom. The summed E-state index contributed by atoms with van der Waals surface area (Å²) in [5, 5.41) is 0. The monoisotopic (exact) mass is 257 g/mol. The molecule has 0 aliphatic carbocycles. The van der Waals surface area contributed by atoms with Crippen LogP contribution in [0.1, 0.15) is 21.5 Å². The number of carbonyl (C=O) groups is 1. The zero-order chi connectivity index (χ0) is 10.9. The van der Waals surface area contributed by atoms with Gasteiger partial charge in [0.15, 0.2) is 0 Å². The van der Waals surface area contributed by atoms with Crippen molar-refractivity contribution in [1.29, 1.82) is 0 Å². The minimum Gasteiger partial charge on any atom is -0.496 e. The molecule has 0 radical (unpaired) electrons. The summed E-state index contributed by atoms with van der Waals surface area (Å²) in [6.45, 7) is 3.85. The van der Waals surface area contributed by atoms with E-state index in [-0.39, 0.29) is 0 Å². The van der Waals surface area contributed by atoms with Crippen LogP contribution in [0.5, 0.6) is 5.75 Å². The highest BCUT2D eigenvalue weighted by molar-refractivity contribution is 9.10. The SMILES string of the molecule is COc1c(C(N)=O)cc(Br)c(C)c1C. The largest absolute Gasteiger partial charge is 0.496 e. The average molecular weight is 258 g/mol. The fourth-order valence-electron chi connectivity index (χ4n) is 1.30. The average Bonchev–Trinajstić information content (AvgIpc) is 2.13. The minimum absolute atomic E-state index is 0.405. The first-order valence-corrected chi connectivity index (χ1v) is 4.91. The minimum atomic E-state index is -0.481. The van der Waals surface area contributed by atoms with E-state index in [0.29, 0.717) is 11.3 Å². The molecule has 0 aliphatic rings. The molecule has 0 atom stereocenters. The maximum absolute atomic E-state index is 11.1. The van der Waals surface area contributed by atoms with Crippen LogP contribution in [-0.4, -0.2) is 13.0 Å². The van der Waals surface area contributed by atoms with Gasteiger partial charge >= 0.3 is 0 Å². The highest BCUT2D eigenvalue weighted by atomic mass is 79.9. The fourth-order valence-corrected chi connectivity index (χ4v) is 1.82. The highest BCUT2D eigenvalue weighted by Crippen LogP contribution is 2.31. The van der Waals surface area contributed by atoms with Crippen LogP contribution < -0.4 is 10.5 Å². The zero-order valence-corrected chi connectivity index (χ0v) is 9.94. The van der Waals surface area contributed by atoms with Crippen molar-refractivity contribution in [2.45, 2.75) is 13.8 Å². The molecule has 0 bridgehead atoms. The Bertz CT molecular complexity index is 388. The lowest BCUT2D eigenvalue weighted by Crippen LogP contribution is -2.13. The Morgan fingerprint density at radius 3 is 2.43 bits per heavy atom. The van der Waals surface area contributed by atoms with Crippen molar-refractivity contribution in [3.05, 3.63) is 27.2 Å². The number of carbonyl (C=O) groups excluding carboxylic acids is 1. The van der Waals surface area contributed by atoms with E-state index in [1.165, 1.54) is 7.11 Å². The first-order valence-electron chi connectivity index (χ1n) is 4.12. The molecule has 0 heterocycles. The number of primary amides is 1. The van der Waals surface area contributed by atoms with Gasteiger partial charge in [-0.2, -0.15) is 0 Å². The number of hydrogen-bond acceptors (Lipinski definition) is 2. The third-order valence-electron chi connectivity index (χ3n) is 2.25. The van der Waals surface area contributed by atoms with E-state index >= 15 is 0 Å². The standard InChI is InChI=1S/C10H12BrNO2/c1-5-6(2)9(14-3)7(10(12)13)4-8(5)11/h4H,1-3H3,(H2,12,13). The molecule has 1 aromatic rings. The molecular weight excluding hydrogens is 246 g/mol. The van der Waals surface area contributed by atoms with Crippen molar-refractivity contribution in [3.8, 4) is 5.75 Å². The third-order valence-corrected chi connectivity index (χ3v) is 3.07. The predicted octanol–water partition coefficient (Wildman–Crippen LogP) is 2.17. The second-order valence-electron chi connectivity index (χ2n) is 3.05. The summed E-state index contributed by atoms with van der Waals surface area (Å²) < 4.78 is 6.02. The van der Waals surface area contributed by atoms with Crippen LogP contribution in [0.2, 0.25) is 0 Å². The Labute approximate surface area is 91.4 Å². The summed E-state index contributed by atoms with van der Waals surface area (Å²) in [4.78, 5) is 11.1. The summed E-state index contributed by atoms with van der Waals surface area (Å²) in [6.07, 6.45) is 0. The molecule has 0 saturated heterocycles. The molecule has 0 aliphatic heterocycles. The number of amides is 1. The summed E-state index contributed by atoms with van der Waals surface area (Å²) in [5.41, 5.74) is 7.62. The van der Waals surface area contributed by atoms with Crippen molar-refractivity contribution < 1.29 is 9.53 Å². The molecule has 2 N–H and O–H groups in total. The number of nitrogens with two attached hydrogens (primary N) is 1. The van der Waals surface area contributed by atoms with Crippen molar-refractivity contribution in [2.75, 3.05) is 7.11 Å². The molecule has 0 fully saturated rings. The van der Waals surface area contributed by atoms with Gasteiger partial charge in [-0.25, -0.2) is 0 Å². The number of methoxy groups -OCH3 is 1. The number of rotatable bonds is 2. The smallest absolute Gasteiger partial charge is 0.252 e. The van der Waals surface area contributed by atoms with Crippen LogP contribution in [0.3, 0.4) is 0 Å². The van der Waals surface area contributed by atoms with E-state index in [4.69, 9.17) is 10.5 Å². The van der Waals surface area contributed by atoms with Crippen molar-refractivity contribution in [2.24, 2.45) is 5.73 Å². The van der Waals surface area contributed by atoms with Crippen LogP contribution >= 0.6 is 15.9 Å². The summed E-state index contributed by atoms with van der Waals surface area (Å²) in [6, 6.07) is 1.68.